The van der Waals surface area contributed by atoms with Crippen molar-refractivity contribution in [1.29, 1.82) is 0 Å². The van der Waals surface area contributed by atoms with Crippen LogP contribution in [0.15, 0.2) is 67.3 Å². The van der Waals surface area contributed by atoms with Crippen molar-refractivity contribution in [2.24, 2.45) is 0 Å². The molecule has 6 nitrogen and oxygen atoms in total. The van der Waals surface area contributed by atoms with Crippen molar-refractivity contribution >= 4 is 10.9 Å². The van der Waals surface area contributed by atoms with Gasteiger partial charge in [-0.25, -0.2) is 15.0 Å². The number of rotatable bonds is 10. The minimum atomic E-state index is 0.657. The van der Waals surface area contributed by atoms with Gasteiger partial charge in [-0.3, -0.25) is 4.90 Å². The maximum Gasteiger partial charge on any atom is 0.143 e. The summed E-state index contributed by atoms with van der Waals surface area (Å²) in [6.45, 7) is 8.07. The average molecular weight is 416 g/mol. The van der Waals surface area contributed by atoms with Gasteiger partial charge in [0.1, 0.15) is 11.6 Å². The van der Waals surface area contributed by atoms with Crippen LogP contribution < -0.4 is 4.74 Å². The van der Waals surface area contributed by atoms with Crippen molar-refractivity contribution < 1.29 is 4.74 Å². The summed E-state index contributed by atoms with van der Waals surface area (Å²) in [4.78, 5) is 16.2. The molecule has 0 aliphatic rings. The van der Waals surface area contributed by atoms with E-state index in [9.17, 15) is 0 Å². The van der Waals surface area contributed by atoms with Crippen LogP contribution in [-0.2, 0) is 19.6 Å². The van der Waals surface area contributed by atoms with E-state index in [1.165, 1.54) is 5.56 Å². The van der Waals surface area contributed by atoms with Crippen LogP contribution in [0.4, 0.5) is 0 Å². The van der Waals surface area contributed by atoms with Crippen molar-refractivity contribution in [2.45, 2.75) is 39.9 Å². The number of ether oxygens (including phenoxy) is 1. The first kappa shape index (κ1) is 21.0. The Morgan fingerprint density at radius 2 is 1.84 bits per heavy atom. The zero-order valence-electron chi connectivity index (χ0n) is 18.2. The molecule has 0 saturated carbocycles. The van der Waals surface area contributed by atoms with Gasteiger partial charge in [0, 0.05) is 48.7 Å². The number of hydrogen-bond acceptors (Lipinski definition) is 5. The topological polar surface area (TPSA) is 56.1 Å². The zero-order valence-corrected chi connectivity index (χ0v) is 18.2. The normalized spacial score (nSPS) is 11.3. The average Bonchev–Trinajstić information content (AvgIpc) is 3.29. The summed E-state index contributed by atoms with van der Waals surface area (Å²) in [7, 11) is 0. The third kappa shape index (κ3) is 5.47. The Balaban J connectivity index is 1.54. The minimum Gasteiger partial charge on any atom is -0.494 e. The van der Waals surface area contributed by atoms with Crippen molar-refractivity contribution in [3.05, 3.63) is 84.3 Å². The Kier molecular flexibility index (Phi) is 6.89. The van der Waals surface area contributed by atoms with E-state index in [0.29, 0.717) is 13.2 Å². The van der Waals surface area contributed by atoms with Gasteiger partial charge in [-0.15, -0.1) is 0 Å². The van der Waals surface area contributed by atoms with Gasteiger partial charge in [0.15, 0.2) is 0 Å². The van der Waals surface area contributed by atoms with Gasteiger partial charge in [0.05, 0.1) is 25.0 Å². The largest absolute Gasteiger partial charge is 0.494 e. The van der Waals surface area contributed by atoms with Crippen LogP contribution in [0.3, 0.4) is 0 Å². The van der Waals surface area contributed by atoms with E-state index in [-0.39, 0.29) is 0 Å². The van der Waals surface area contributed by atoms with Gasteiger partial charge in [0.25, 0.3) is 0 Å². The molecule has 0 unspecified atom stereocenters. The molecule has 31 heavy (non-hydrogen) atoms. The molecule has 6 heteroatoms. The third-order valence-corrected chi connectivity index (χ3v) is 5.32. The van der Waals surface area contributed by atoms with Gasteiger partial charge in [0.2, 0.25) is 0 Å². The molecular formula is C25H29N5O. The summed E-state index contributed by atoms with van der Waals surface area (Å²) in [6.07, 6.45) is 6.70. The molecule has 4 rings (SSSR count). The second-order valence-electron chi connectivity index (χ2n) is 7.65. The fourth-order valence-electron chi connectivity index (χ4n) is 3.85. The second-order valence-corrected chi connectivity index (χ2v) is 7.65. The summed E-state index contributed by atoms with van der Waals surface area (Å²) in [6, 6.07) is 16.5. The molecule has 4 aromatic rings. The maximum atomic E-state index is 5.86. The molecule has 0 saturated heterocycles. The maximum absolute atomic E-state index is 5.86. The lowest BCUT2D eigenvalue weighted by atomic mass is 10.1. The van der Waals surface area contributed by atoms with Gasteiger partial charge in [-0.1, -0.05) is 36.4 Å². The lowest BCUT2D eigenvalue weighted by molar-refractivity contribution is 0.236. The molecule has 0 spiro atoms. The number of para-hydroxylation sites is 2. The summed E-state index contributed by atoms with van der Waals surface area (Å²) in [5.41, 5.74) is 3.20. The van der Waals surface area contributed by atoms with Crippen LogP contribution in [0, 0.1) is 6.92 Å². The first-order valence-corrected chi connectivity index (χ1v) is 10.8. The van der Waals surface area contributed by atoms with Crippen molar-refractivity contribution in [1.82, 2.24) is 24.4 Å². The van der Waals surface area contributed by atoms with Crippen LogP contribution in [0.1, 0.15) is 30.4 Å². The van der Waals surface area contributed by atoms with Crippen LogP contribution in [0.2, 0.25) is 0 Å². The Bertz CT molecular complexity index is 1110. The summed E-state index contributed by atoms with van der Waals surface area (Å²) >= 11 is 0. The fourth-order valence-corrected chi connectivity index (χ4v) is 3.85. The van der Waals surface area contributed by atoms with E-state index in [0.717, 1.165) is 54.2 Å². The molecule has 0 N–H and O–H groups in total. The minimum absolute atomic E-state index is 0.657. The van der Waals surface area contributed by atoms with E-state index in [4.69, 9.17) is 14.7 Å². The van der Waals surface area contributed by atoms with Crippen LogP contribution in [0.5, 0.6) is 5.75 Å². The van der Waals surface area contributed by atoms with Crippen molar-refractivity contribution in [3.63, 3.8) is 0 Å². The molecule has 0 radical (unpaired) electrons. The predicted octanol–water partition coefficient (Wildman–Crippen LogP) is 4.63. The molecular weight excluding hydrogens is 386 g/mol. The van der Waals surface area contributed by atoms with Crippen molar-refractivity contribution in [2.75, 3.05) is 13.2 Å². The van der Waals surface area contributed by atoms with Gasteiger partial charge < -0.3 is 9.30 Å². The number of nitrogens with zero attached hydrogens (tertiary/aromatic N) is 5. The van der Waals surface area contributed by atoms with Gasteiger partial charge >= 0.3 is 0 Å². The lowest BCUT2D eigenvalue weighted by Gasteiger charge is -2.23. The van der Waals surface area contributed by atoms with E-state index in [1.807, 2.05) is 49.9 Å². The molecule has 2 aromatic heterocycles. The Hall–Kier alpha value is -3.25. The predicted molar refractivity (Wildman–Crippen MR) is 123 cm³/mol. The molecule has 0 aliphatic heterocycles. The quantitative estimate of drug-likeness (QED) is 0.378. The second kappa shape index (κ2) is 10.2. The van der Waals surface area contributed by atoms with Crippen LogP contribution >= 0.6 is 0 Å². The van der Waals surface area contributed by atoms with Crippen molar-refractivity contribution in [3.8, 4) is 5.75 Å². The van der Waals surface area contributed by atoms with E-state index in [1.54, 1.807) is 0 Å². The van der Waals surface area contributed by atoms with Crippen LogP contribution in [-0.4, -0.2) is 37.6 Å². The Labute approximate surface area is 183 Å². The number of hydrogen-bond donors (Lipinski definition) is 0. The number of fused-ring (bicyclic) bond motifs is 1. The standard InChI is InChI=1S/C25H29N5O/c1-3-31-24-12-7-4-9-21(24)17-30(15-8-14-29-16-13-26-19-29)18-25-27-20(2)22-10-5-6-11-23(22)28-25/h4-7,9-13,16,19H,3,8,14-15,17-18H2,1-2H3. The number of aryl methyl sites for hydroxylation is 2. The summed E-state index contributed by atoms with van der Waals surface area (Å²) < 4.78 is 7.97. The molecule has 0 amide bonds. The number of benzene rings is 2. The van der Waals surface area contributed by atoms with E-state index in [2.05, 4.69) is 45.6 Å². The molecule has 0 aliphatic carbocycles. The third-order valence-electron chi connectivity index (χ3n) is 5.32. The number of imidazole rings is 1. The Morgan fingerprint density at radius 1 is 1.00 bits per heavy atom. The molecule has 0 atom stereocenters. The molecule has 160 valence electrons. The highest BCUT2D eigenvalue weighted by Crippen LogP contribution is 2.22. The monoisotopic (exact) mass is 415 g/mol. The lowest BCUT2D eigenvalue weighted by Crippen LogP contribution is -2.26. The SMILES string of the molecule is CCOc1ccccc1CN(CCCn1ccnc1)Cc1nc(C)c2ccccc2n1. The first-order chi connectivity index (χ1) is 15.2. The fraction of sp³-hybridized carbons (Fsp3) is 0.320. The summed E-state index contributed by atoms with van der Waals surface area (Å²) in [5.74, 6) is 1.80. The van der Waals surface area contributed by atoms with Gasteiger partial charge in [-0.2, -0.15) is 0 Å². The highest BCUT2D eigenvalue weighted by molar-refractivity contribution is 5.80. The molecule has 2 aromatic carbocycles. The van der Waals surface area contributed by atoms with E-state index >= 15 is 0 Å². The summed E-state index contributed by atoms with van der Waals surface area (Å²) in [5, 5.41) is 1.11. The molecule has 0 bridgehead atoms. The Morgan fingerprint density at radius 3 is 2.68 bits per heavy atom. The van der Waals surface area contributed by atoms with Crippen LogP contribution in [0.25, 0.3) is 10.9 Å². The highest BCUT2D eigenvalue weighted by atomic mass is 16.5. The van der Waals surface area contributed by atoms with Gasteiger partial charge in [-0.05, 0) is 32.4 Å². The first-order valence-electron chi connectivity index (χ1n) is 10.8. The highest BCUT2D eigenvalue weighted by Gasteiger charge is 2.13. The zero-order chi connectivity index (χ0) is 21.5. The molecule has 0 fully saturated rings. The smallest absolute Gasteiger partial charge is 0.143 e. The molecule has 2 heterocycles. The van der Waals surface area contributed by atoms with E-state index < -0.39 is 0 Å². The number of aromatic nitrogens is 4.